The van der Waals surface area contributed by atoms with Crippen molar-refractivity contribution in [2.24, 2.45) is 0 Å². The standard InChI is InChI=1S/C22H21ClN6/c23-20-9-5-4-6-17(20)15-27-10-12-28(13-11-27)21-19-14-26-29(22(19)25-16-24-21)18-7-2-1-3-8-18/h1-9,14,16H,10-13,15H2. The van der Waals surface area contributed by atoms with Crippen molar-refractivity contribution >= 4 is 28.5 Å². The first kappa shape index (κ1) is 18.1. The normalized spacial score (nSPS) is 15.1. The van der Waals surface area contributed by atoms with E-state index in [0.29, 0.717) is 0 Å². The molecule has 0 unspecified atom stereocenters. The van der Waals surface area contributed by atoms with Crippen molar-refractivity contribution in [2.75, 3.05) is 31.1 Å². The highest BCUT2D eigenvalue weighted by Crippen LogP contribution is 2.26. The van der Waals surface area contributed by atoms with Crippen molar-refractivity contribution in [3.8, 4) is 5.69 Å². The van der Waals surface area contributed by atoms with Crippen LogP contribution in [-0.4, -0.2) is 50.8 Å². The van der Waals surface area contributed by atoms with Gasteiger partial charge in [-0.3, -0.25) is 4.90 Å². The molecule has 2 aromatic heterocycles. The summed E-state index contributed by atoms with van der Waals surface area (Å²) in [6.07, 6.45) is 3.50. The van der Waals surface area contributed by atoms with E-state index in [0.717, 1.165) is 60.3 Å². The summed E-state index contributed by atoms with van der Waals surface area (Å²) >= 11 is 6.32. The zero-order valence-electron chi connectivity index (χ0n) is 15.9. The molecule has 6 nitrogen and oxygen atoms in total. The van der Waals surface area contributed by atoms with Gasteiger partial charge in [-0.05, 0) is 23.8 Å². The Labute approximate surface area is 174 Å². The van der Waals surface area contributed by atoms with Gasteiger partial charge in [0.15, 0.2) is 5.65 Å². The van der Waals surface area contributed by atoms with Gasteiger partial charge in [0.25, 0.3) is 0 Å². The molecule has 0 N–H and O–H groups in total. The first-order valence-electron chi connectivity index (χ1n) is 9.74. The summed E-state index contributed by atoms with van der Waals surface area (Å²) in [5.74, 6) is 0.953. The summed E-state index contributed by atoms with van der Waals surface area (Å²) in [5, 5.41) is 6.38. The van der Waals surface area contributed by atoms with Crippen molar-refractivity contribution < 1.29 is 0 Å². The Bertz CT molecular complexity index is 1120. The van der Waals surface area contributed by atoms with Crippen LogP contribution < -0.4 is 4.90 Å². The van der Waals surface area contributed by atoms with Gasteiger partial charge >= 0.3 is 0 Å². The highest BCUT2D eigenvalue weighted by Gasteiger charge is 2.22. The first-order valence-corrected chi connectivity index (χ1v) is 10.1. The number of fused-ring (bicyclic) bond motifs is 1. The molecule has 146 valence electrons. The number of hydrogen-bond acceptors (Lipinski definition) is 5. The van der Waals surface area contributed by atoms with Gasteiger partial charge < -0.3 is 4.90 Å². The second kappa shape index (κ2) is 7.81. The molecule has 5 rings (SSSR count). The van der Waals surface area contributed by atoms with Gasteiger partial charge in [0, 0.05) is 37.7 Å². The SMILES string of the molecule is Clc1ccccc1CN1CCN(c2ncnc3c2cnn3-c2ccccc2)CC1. The Balaban J connectivity index is 1.35. The molecule has 1 saturated heterocycles. The van der Waals surface area contributed by atoms with Crippen molar-refractivity contribution in [1.82, 2.24) is 24.6 Å². The van der Waals surface area contributed by atoms with Crippen LogP contribution in [0.3, 0.4) is 0 Å². The third-order valence-corrected chi connectivity index (χ3v) is 5.74. The van der Waals surface area contributed by atoms with Gasteiger partial charge in [-0.2, -0.15) is 5.10 Å². The average molecular weight is 405 g/mol. The van der Waals surface area contributed by atoms with E-state index in [1.165, 1.54) is 5.56 Å². The number of rotatable bonds is 4. The third-order valence-electron chi connectivity index (χ3n) is 5.37. The zero-order chi connectivity index (χ0) is 19.6. The quantitative estimate of drug-likeness (QED) is 0.518. The van der Waals surface area contributed by atoms with Crippen LogP contribution in [0.1, 0.15) is 5.56 Å². The molecule has 7 heteroatoms. The number of benzene rings is 2. The second-order valence-electron chi connectivity index (χ2n) is 7.18. The van der Waals surface area contributed by atoms with Crippen LogP contribution in [0.25, 0.3) is 16.7 Å². The lowest BCUT2D eigenvalue weighted by molar-refractivity contribution is 0.249. The van der Waals surface area contributed by atoms with E-state index in [1.807, 2.05) is 59.4 Å². The second-order valence-corrected chi connectivity index (χ2v) is 7.59. The van der Waals surface area contributed by atoms with E-state index >= 15 is 0 Å². The van der Waals surface area contributed by atoms with E-state index in [2.05, 4.69) is 30.9 Å². The van der Waals surface area contributed by atoms with E-state index in [-0.39, 0.29) is 0 Å². The highest BCUT2D eigenvalue weighted by atomic mass is 35.5. The minimum atomic E-state index is 0.833. The molecule has 3 heterocycles. The number of halogens is 1. The van der Waals surface area contributed by atoms with E-state index < -0.39 is 0 Å². The summed E-state index contributed by atoms with van der Waals surface area (Å²) in [7, 11) is 0. The van der Waals surface area contributed by atoms with Crippen LogP contribution in [0.2, 0.25) is 5.02 Å². The van der Waals surface area contributed by atoms with Crippen LogP contribution in [-0.2, 0) is 6.54 Å². The molecular formula is C22H21ClN6. The average Bonchev–Trinajstić information content (AvgIpc) is 3.21. The number of piperazine rings is 1. The van der Waals surface area contributed by atoms with Gasteiger partial charge in [-0.15, -0.1) is 0 Å². The maximum absolute atomic E-state index is 6.32. The van der Waals surface area contributed by atoms with E-state index in [1.54, 1.807) is 6.33 Å². The van der Waals surface area contributed by atoms with Gasteiger partial charge in [-0.25, -0.2) is 14.6 Å². The smallest absolute Gasteiger partial charge is 0.168 e. The fourth-order valence-corrected chi connectivity index (χ4v) is 4.02. The molecule has 0 radical (unpaired) electrons. The minimum absolute atomic E-state index is 0.833. The molecular weight excluding hydrogens is 384 g/mol. The molecule has 1 aliphatic rings. The summed E-state index contributed by atoms with van der Waals surface area (Å²) in [6.45, 7) is 4.62. The summed E-state index contributed by atoms with van der Waals surface area (Å²) in [4.78, 5) is 13.8. The summed E-state index contributed by atoms with van der Waals surface area (Å²) < 4.78 is 1.87. The van der Waals surface area contributed by atoms with Crippen LogP contribution in [0.4, 0.5) is 5.82 Å². The highest BCUT2D eigenvalue weighted by molar-refractivity contribution is 6.31. The number of para-hydroxylation sites is 1. The Kier molecular flexibility index (Phi) is 4.87. The number of nitrogens with zero attached hydrogens (tertiary/aromatic N) is 6. The maximum Gasteiger partial charge on any atom is 0.168 e. The van der Waals surface area contributed by atoms with E-state index in [4.69, 9.17) is 11.6 Å². The fourth-order valence-electron chi connectivity index (χ4n) is 3.83. The molecule has 0 spiro atoms. The fraction of sp³-hybridized carbons (Fsp3) is 0.227. The van der Waals surface area contributed by atoms with Crippen molar-refractivity contribution in [1.29, 1.82) is 0 Å². The van der Waals surface area contributed by atoms with Gasteiger partial charge in [-0.1, -0.05) is 48.0 Å². The lowest BCUT2D eigenvalue weighted by atomic mass is 10.2. The third kappa shape index (κ3) is 3.57. The molecule has 0 atom stereocenters. The number of hydrogen-bond donors (Lipinski definition) is 0. The molecule has 4 aromatic rings. The largest absolute Gasteiger partial charge is 0.353 e. The number of aromatic nitrogens is 4. The van der Waals surface area contributed by atoms with Crippen molar-refractivity contribution in [2.45, 2.75) is 6.54 Å². The molecule has 0 bridgehead atoms. The predicted molar refractivity (Wildman–Crippen MR) is 116 cm³/mol. The van der Waals surface area contributed by atoms with Crippen molar-refractivity contribution in [3.63, 3.8) is 0 Å². The van der Waals surface area contributed by atoms with Crippen LogP contribution in [0, 0.1) is 0 Å². The lowest BCUT2D eigenvalue weighted by Crippen LogP contribution is -2.46. The minimum Gasteiger partial charge on any atom is -0.353 e. The summed E-state index contributed by atoms with van der Waals surface area (Å²) in [6, 6.07) is 18.1. The Morgan fingerprint density at radius 3 is 2.41 bits per heavy atom. The van der Waals surface area contributed by atoms with Gasteiger partial charge in [0.05, 0.1) is 17.3 Å². The molecule has 1 fully saturated rings. The molecule has 29 heavy (non-hydrogen) atoms. The van der Waals surface area contributed by atoms with Crippen LogP contribution >= 0.6 is 11.6 Å². The van der Waals surface area contributed by atoms with Crippen LogP contribution in [0.15, 0.2) is 67.1 Å². The van der Waals surface area contributed by atoms with Crippen molar-refractivity contribution in [3.05, 3.63) is 77.7 Å². The van der Waals surface area contributed by atoms with Gasteiger partial charge in [0.2, 0.25) is 0 Å². The Morgan fingerprint density at radius 1 is 0.862 bits per heavy atom. The predicted octanol–water partition coefficient (Wildman–Crippen LogP) is 3.79. The topological polar surface area (TPSA) is 50.1 Å². The molecule has 0 aliphatic carbocycles. The Morgan fingerprint density at radius 2 is 1.62 bits per heavy atom. The zero-order valence-corrected chi connectivity index (χ0v) is 16.7. The maximum atomic E-state index is 6.32. The lowest BCUT2D eigenvalue weighted by Gasteiger charge is -2.35. The first-order chi connectivity index (χ1) is 14.3. The molecule has 1 aliphatic heterocycles. The molecule has 0 amide bonds. The summed E-state index contributed by atoms with van der Waals surface area (Å²) in [5.41, 5.74) is 3.01. The molecule has 2 aromatic carbocycles. The Hall–Kier alpha value is -2.96. The number of anilines is 1. The van der Waals surface area contributed by atoms with Crippen LogP contribution in [0.5, 0.6) is 0 Å². The van der Waals surface area contributed by atoms with E-state index in [9.17, 15) is 0 Å². The molecule has 0 saturated carbocycles. The van der Waals surface area contributed by atoms with Gasteiger partial charge in [0.1, 0.15) is 12.1 Å². The monoisotopic (exact) mass is 404 g/mol.